The number of amides is 2. The lowest BCUT2D eigenvalue weighted by molar-refractivity contribution is -0.123. The average molecular weight is 444 g/mol. The van der Waals surface area contributed by atoms with Gasteiger partial charge in [-0.1, -0.05) is 23.7 Å². The van der Waals surface area contributed by atoms with E-state index in [0.717, 1.165) is 0 Å². The molecule has 0 saturated heterocycles. The molecule has 0 spiro atoms. The summed E-state index contributed by atoms with van der Waals surface area (Å²) in [5.74, 6) is 0.139. The topological polar surface area (TPSA) is 90.8 Å². The summed E-state index contributed by atoms with van der Waals surface area (Å²) < 4.78 is 18.0. The van der Waals surface area contributed by atoms with Crippen molar-refractivity contribution in [1.82, 2.24) is 15.4 Å². The van der Waals surface area contributed by atoms with E-state index in [2.05, 4.69) is 10.9 Å². The molecule has 0 saturated carbocycles. The maximum Gasteiger partial charge on any atom is 0.276 e. The average Bonchev–Trinajstić information content (AvgIpc) is 3.31. The summed E-state index contributed by atoms with van der Waals surface area (Å²) in [4.78, 5) is 24.7. The molecule has 1 heterocycles. The third-order valence-corrected chi connectivity index (χ3v) is 4.52. The van der Waals surface area contributed by atoms with Gasteiger partial charge in [-0.25, -0.2) is 0 Å². The first kappa shape index (κ1) is 22.0. The van der Waals surface area contributed by atoms with Gasteiger partial charge in [0, 0.05) is 18.5 Å². The van der Waals surface area contributed by atoms with E-state index in [9.17, 15) is 9.59 Å². The third kappa shape index (κ3) is 5.49. The molecule has 0 unspecified atom stereocenters. The summed E-state index contributed by atoms with van der Waals surface area (Å²) >= 11 is 6.34. The number of para-hydroxylation sites is 2. The van der Waals surface area contributed by atoms with Gasteiger partial charge >= 0.3 is 0 Å². The summed E-state index contributed by atoms with van der Waals surface area (Å²) in [6.45, 7) is 2.01. The normalized spacial score (nSPS) is 10.3. The van der Waals surface area contributed by atoms with Crippen molar-refractivity contribution in [2.75, 3.05) is 20.3 Å². The number of hydrazine groups is 1. The first-order valence-electron chi connectivity index (χ1n) is 9.48. The van der Waals surface area contributed by atoms with Crippen LogP contribution >= 0.6 is 11.6 Å². The summed E-state index contributed by atoms with van der Waals surface area (Å²) in [7, 11) is 1.45. The van der Waals surface area contributed by atoms with Crippen molar-refractivity contribution in [3.05, 3.63) is 71.5 Å². The number of hydrogen-bond acceptors (Lipinski definition) is 5. The molecule has 0 bridgehead atoms. The van der Waals surface area contributed by atoms with Gasteiger partial charge in [0.1, 0.15) is 5.75 Å². The second-order valence-electron chi connectivity index (χ2n) is 6.26. The van der Waals surface area contributed by atoms with Gasteiger partial charge in [-0.05, 0) is 37.3 Å². The molecule has 0 aliphatic rings. The number of ether oxygens (including phenoxy) is 3. The van der Waals surface area contributed by atoms with Crippen LogP contribution < -0.4 is 25.1 Å². The van der Waals surface area contributed by atoms with Crippen molar-refractivity contribution >= 4 is 23.4 Å². The van der Waals surface area contributed by atoms with E-state index in [0.29, 0.717) is 34.6 Å². The molecule has 2 N–H and O–H groups in total. The zero-order valence-corrected chi connectivity index (χ0v) is 17.8. The van der Waals surface area contributed by atoms with Gasteiger partial charge in [0.25, 0.3) is 11.8 Å². The summed E-state index contributed by atoms with van der Waals surface area (Å²) in [6, 6.07) is 13.8. The molecule has 0 atom stereocenters. The molecule has 2 amide bonds. The predicted octanol–water partition coefficient (Wildman–Crippen LogP) is 3.38. The highest BCUT2D eigenvalue weighted by Gasteiger charge is 2.17. The molecule has 0 aliphatic carbocycles. The SMILES string of the molecule is CCOc1ccccc1OCC(=O)NNC(=O)c1cc(Cl)c(-n2cccc2)cc1OC. The van der Waals surface area contributed by atoms with Crippen molar-refractivity contribution in [3.8, 4) is 22.9 Å². The number of nitrogens with zero attached hydrogens (tertiary/aromatic N) is 1. The van der Waals surface area contributed by atoms with Gasteiger partial charge in [-0.2, -0.15) is 0 Å². The lowest BCUT2D eigenvalue weighted by Gasteiger charge is -2.14. The molecule has 2 aromatic carbocycles. The van der Waals surface area contributed by atoms with Crippen LogP contribution in [0.15, 0.2) is 60.9 Å². The summed E-state index contributed by atoms with van der Waals surface area (Å²) in [6.07, 6.45) is 3.65. The molecule has 3 rings (SSSR count). The van der Waals surface area contributed by atoms with Crippen LogP contribution in [0.4, 0.5) is 0 Å². The van der Waals surface area contributed by atoms with Crippen molar-refractivity contribution in [1.29, 1.82) is 0 Å². The van der Waals surface area contributed by atoms with E-state index < -0.39 is 11.8 Å². The maximum absolute atomic E-state index is 12.6. The molecular formula is C22H22ClN3O5. The Kier molecular flexibility index (Phi) is 7.40. The number of carbonyl (C=O) groups excluding carboxylic acids is 2. The van der Waals surface area contributed by atoms with Gasteiger partial charge in [0.05, 0.1) is 30.0 Å². The first-order chi connectivity index (χ1) is 15.0. The smallest absolute Gasteiger partial charge is 0.276 e. The highest BCUT2D eigenvalue weighted by molar-refractivity contribution is 6.33. The fourth-order valence-electron chi connectivity index (χ4n) is 2.80. The van der Waals surface area contributed by atoms with Crippen molar-refractivity contribution in [3.63, 3.8) is 0 Å². The van der Waals surface area contributed by atoms with Crippen molar-refractivity contribution in [2.45, 2.75) is 6.92 Å². The van der Waals surface area contributed by atoms with Gasteiger partial charge in [-0.3, -0.25) is 20.4 Å². The number of carbonyl (C=O) groups is 2. The van der Waals surface area contributed by atoms with E-state index >= 15 is 0 Å². The fraction of sp³-hybridized carbons (Fsp3) is 0.182. The van der Waals surface area contributed by atoms with Crippen molar-refractivity contribution < 1.29 is 23.8 Å². The highest BCUT2D eigenvalue weighted by Crippen LogP contribution is 2.30. The Morgan fingerprint density at radius 3 is 2.29 bits per heavy atom. The van der Waals surface area contributed by atoms with E-state index in [4.69, 9.17) is 25.8 Å². The lowest BCUT2D eigenvalue weighted by Crippen LogP contribution is -2.44. The molecule has 31 heavy (non-hydrogen) atoms. The largest absolute Gasteiger partial charge is 0.496 e. The molecule has 3 aromatic rings. The summed E-state index contributed by atoms with van der Waals surface area (Å²) in [5, 5.41) is 0.351. The molecule has 0 radical (unpaired) electrons. The number of rotatable bonds is 8. The molecule has 8 nitrogen and oxygen atoms in total. The van der Waals surface area contributed by atoms with E-state index in [1.165, 1.54) is 13.2 Å². The number of benzene rings is 2. The number of aromatic nitrogens is 1. The Labute approximate surface area is 184 Å². The minimum Gasteiger partial charge on any atom is -0.496 e. The zero-order chi connectivity index (χ0) is 22.2. The molecule has 1 aromatic heterocycles. The van der Waals surface area contributed by atoms with Gasteiger partial charge in [-0.15, -0.1) is 0 Å². The predicted molar refractivity (Wildman–Crippen MR) is 116 cm³/mol. The van der Waals surface area contributed by atoms with Crippen LogP contribution in [0.2, 0.25) is 5.02 Å². The second-order valence-corrected chi connectivity index (χ2v) is 6.67. The third-order valence-electron chi connectivity index (χ3n) is 4.22. The van der Waals surface area contributed by atoms with Gasteiger partial charge in [0.15, 0.2) is 18.1 Å². The Morgan fingerprint density at radius 2 is 1.65 bits per heavy atom. The van der Waals surface area contributed by atoms with Crippen LogP contribution in [0, 0.1) is 0 Å². The maximum atomic E-state index is 12.6. The molecule has 0 fully saturated rings. The first-order valence-corrected chi connectivity index (χ1v) is 9.86. The lowest BCUT2D eigenvalue weighted by atomic mass is 10.1. The fourth-order valence-corrected chi connectivity index (χ4v) is 3.06. The summed E-state index contributed by atoms with van der Waals surface area (Å²) in [5.41, 5.74) is 5.47. The monoisotopic (exact) mass is 443 g/mol. The van der Waals surface area contributed by atoms with Crippen LogP contribution in [-0.2, 0) is 4.79 Å². The Morgan fingerprint density at radius 1 is 0.968 bits per heavy atom. The van der Waals surface area contributed by atoms with Crippen LogP contribution in [0.25, 0.3) is 5.69 Å². The van der Waals surface area contributed by atoms with E-state index in [-0.39, 0.29) is 12.2 Å². The van der Waals surface area contributed by atoms with Gasteiger partial charge < -0.3 is 18.8 Å². The number of nitrogens with one attached hydrogen (secondary N) is 2. The Hall–Kier alpha value is -3.65. The quantitative estimate of drug-likeness (QED) is 0.521. The minimum atomic E-state index is -0.583. The second kappa shape index (κ2) is 10.4. The zero-order valence-electron chi connectivity index (χ0n) is 17.1. The van der Waals surface area contributed by atoms with Crippen LogP contribution in [-0.4, -0.2) is 36.7 Å². The van der Waals surface area contributed by atoms with Crippen molar-refractivity contribution in [2.24, 2.45) is 0 Å². The van der Waals surface area contributed by atoms with Crippen LogP contribution in [0.5, 0.6) is 17.2 Å². The van der Waals surface area contributed by atoms with Gasteiger partial charge in [0.2, 0.25) is 0 Å². The molecule has 162 valence electrons. The molecular weight excluding hydrogens is 422 g/mol. The number of hydrogen-bond donors (Lipinski definition) is 2. The van der Waals surface area contributed by atoms with Crippen LogP contribution in [0.1, 0.15) is 17.3 Å². The molecule has 0 aliphatic heterocycles. The minimum absolute atomic E-state index is 0.173. The number of methoxy groups -OCH3 is 1. The molecule has 9 heteroatoms. The standard InChI is InChI=1S/C22H22ClN3O5/c1-3-30-18-8-4-5-9-19(18)31-14-21(27)24-25-22(28)15-12-16(23)17(13-20(15)29-2)26-10-6-7-11-26/h4-13H,3,14H2,1-2H3,(H,24,27)(H,25,28). The van der Waals surface area contributed by atoms with Crippen LogP contribution in [0.3, 0.4) is 0 Å². The van der Waals surface area contributed by atoms with E-state index in [1.54, 1.807) is 34.9 Å². The Bertz CT molecular complexity index is 1050. The Balaban J connectivity index is 1.61. The number of halogens is 1. The highest BCUT2D eigenvalue weighted by atomic mass is 35.5. The van der Waals surface area contributed by atoms with E-state index in [1.807, 2.05) is 31.5 Å².